The summed E-state index contributed by atoms with van der Waals surface area (Å²) in [5.41, 5.74) is 0.776. The van der Waals surface area contributed by atoms with Crippen LogP contribution in [0.3, 0.4) is 0 Å². The molecule has 0 bridgehead atoms. The average molecular weight is 312 g/mol. The van der Waals surface area contributed by atoms with Crippen LogP contribution in [-0.4, -0.2) is 38.7 Å². The number of carbonyl (C=O) groups is 1. The fourth-order valence-corrected chi connectivity index (χ4v) is 3.28. The summed E-state index contributed by atoms with van der Waals surface area (Å²) in [4.78, 5) is 14.6. The fraction of sp³-hybridized carbons (Fsp3) is 0.500. The molecular weight excluding hydrogens is 288 g/mol. The molecule has 0 radical (unpaired) electrons. The van der Waals surface area contributed by atoms with E-state index in [1.165, 1.54) is 0 Å². The number of carbonyl (C=O) groups excluding carboxylic acids is 1. The lowest BCUT2D eigenvalue weighted by molar-refractivity contribution is 0.0671. The normalized spacial score (nSPS) is 18.4. The molecule has 0 spiro atoms. The zero-order chi connectivity index (χ0) is 16.2. The fourth-order valence-electron chi connectivity index (χ4n) is 3.28. The van der Waals surface area contributed by atoms with E-state index < -0.39 is 0 Å². The molecule has 2 heterocycles. The largest absolute Gasteiger partial charge is 0.338 e. The predicted octanol–water partition coefficient (Wildman–Crippen LogP) is 2.95. The van der Waals surface area contributed by atoms with Crippen molar-refractivity contribution in [2.75, 3.05) is 13.1 Å². The third-order valence-corrected chi connectivity index (χ3v) is 4.50. The molecule has 5 nitrogen and oxygen atoms in total. The molecule has 1 aromatic carbocycles. The minimum Gasteiger partial charge on any atom is -0.338 e. The smallest absolute Gasteiger partial charge is 0.253 e. The Morgan fingerprint density at radius 3 is 2.83 bits per heavy atom. The molecule has 23 heavy (non-hydrogen) atoms. The van der Waals surface area contributed by atoms with Crippen LogP contribution in [0.15, 0.2) is 36.7 Å². The summed E-state index contributed by atoms with van der Waals surface area (Å²) in [6, 6.07) is 9.92. The molecule has 1 aliphatic heterocycles. The maximum Gasteiger partial charge on any atom is 0.253 e. The zero-order valence-corrected chi connectivity index (χ0v) is 13.9. The lowest BCUT2D eigenvalue weighted by Crippen LogP contribution is -2.40. The number of nitrogens with zero attached hydrogens (tertiary/aromatic N) is 4. The van der Waals surface area contributed by atoms with E-state index in [9.17, 15) is 4.79 Å². The lowest BCUT2D eigenvalue weighted by Gasteiger charge is -2.33. The molecule has 0 N–H and O–H groups in total. The average Bonchev–Trinajstić information content (AvgIpc) is 3.03. The van der Waals surface area contributed by atoms with Gasteiger partial charge in [0.2, 0.25) is 0 Å². The molecule has 122 valence electrons. The summed E-state index contributed by atoms with van der Waals surface area (Å²) in [5.74, 6) is 1.62. The van der Waals surface area contributed by atoms with Gasteiger partial charge in [-0.05, 0) is 44.7 Å². The molecule has 1 atom stereocenters. The summed E-state index contributed by atoms with van der Waals surface area (Å²) in [5, 5.41) is 8.31. The van der Waals surface area contributed by atoms with Gasteiger partial charge in [0.1, 0.15) is 12.2 Å². The second-order valence-electron chi connectivity index (χ2n) is 6.58. The highest BCUT2D eigenvalue weighted by molar-refractivity contribution is 5.94. The molecular formula is C18H24N4O. The topological polar surface area (TPSA) is 51.0 Å². The van der Waals surface area contributed by atoms with Gasteiger partial charge in [-0.15, -0.1) is 10.2 Å². The number of rotatable bonds is 4. The van der Waals surface area contributed by atoms with Crippen molar-refractivity contribution in [1.82, 2.24) is 19.7 Å². The van der Waals surface area contributed by atoms with Gasteiger partial charge in [0.05, 0.1) is 0 Å². The van der Waals surface area contributed by atoms with Crippen LogP contribution >= 0.6 is 0 Å². The van der Waals surface area contributed by atoms with Crippen LogP contribution in [0.5, 0.6) is 0 Å². The van der Waals surface area contributed by atoms with Gasteiger partial charge in [0, 0.05) is 31.1 Å². The number of aromatic nitrogens is 3. The van der Waals surface area contributed by atoms with E-state index >= 15 is 0 Å². The lowest BCUT2D eigenvalue weighted by atomic mass is 9.94. The quantitative estimate of drug-likeness (QED) is 0.872. The highest BCUT2D eigenvalue weighted by Gasteiger charge is 2.26. The zero-order valence-electron chi connectivity index (χ0n) is 13.9. The van der Waals surface area contributed by atoms with E-state index in [1.54, 1.807) is 6.33 Å². The number of hydrogen-bond acceptors (Lipinski definition) is 3. The Labute approximate surface area is 137 Å². The minimum atomic E-state index is 0.139. The van der Waals surface area contributed by atoms with Crippen LogP contribution in [0.25, 0.3) is 0 Å². The molecule has 3 rings (SSSR count). The van der Waals surface area contributed by atoms with Gasteiger partial charge in [-0.3, -0.25) is 4.79 Å². The maximum absolute atomic E-state index is 12.6. The second kappa shape index (κ2) is 6.94. The van der Waals surface area contributed by atoms with E-state index in [0.717, 1.165) is 43.7 Å². The Bertz CT molecular complexity index is 650. The van der Waals surface area contributed by atoms with Crippen LogP contribution in [-0.2, 0) is 6.42 Å². The van der Waals surface area contributed by atoms with Crippen molar-refractivity contribution in [3.63, 3.8) is 0 Å². The molecule has 1 unspecified atom stereocenters. The summed E-state index contributed by atoms with van der Waals surface area (Å²) in [7, 11) is 0. The number of piperidine rings is 1. The van der Waals surface area contributed by atoms with Crippen molar-refractivity contribution in [3.05, 3.63) is 48.0 Å². The van der Waals surface area contributed by atoms with Crippen LogP contribution in [0, 0.1) is 5.92 Å². The summed E-state index contributed by atoms with van der Waals surface area (Å²) in [6.45, 7) is 5.93. The van der Waals surface area contributed by atoms with Crippen LogP contribution in [0.4, 0.5) is 0 Å². The second-order valence-corrected chi connectivity index (χ2v) is 6.58. The standard InChI is InChI=1S/C18H24N4O/c1-14(2)22-13-19-20-17(22)11-15-7-6-10-21(12-15)18(23)16-8-4-3-5-9-16/h3-5,8-9,13-15H,6-7,10-12H2,1-2H3. The first-order valence-electron chi connectivity index (χ1n) is 8.38. The van der Waals surface area contributed by atoms with Crippen LogP contribution in [0.1, 0.15) is 48.9 Å². The molecule has 2 aromatic rings. The molecule has 1 amide bonds. The first-order chi connectivity index (χ1) is 11.1. The van der Waals surface area contributed by atoms with Gasteiger partial charge < -0.3 is 9.47 Å². The molecule has 1 aliphatic rings. The Morgan fingerprint density at radius 2 is 2.09 bits per heavy atom. The molecule has 0 saturated carbocycles. The summed E-state index contributed by atoms with van der Waals surface area (Å²) >= 11 is 0. The van der Waals surface area contributed by atoms with Crippen molar-refractivity contribution < 1.29 is 4.79 Å². The summed E-state index contributed by atoms with van der Waals surface area (Å²) < 4.78 is 2.12. The number of likely N-dealkylation sites (tertiary alicyclic amines) is 1. The third-order valence-electron chi connectivity index (χ3n) is 4.50. The predicted molar refractivity (Wildman–Crippen MR) is 89.2 cm³/mol. The number of benzene rings is 1. The Hall–Kier alpha value is -2.17. The molecule has 1 fully saturated rings. The van der Waals surface area contributed by atoms with Crippen molar-refractivity contribution in [2.45, 2.75) is 39.2 Å². The molecule has 5 heteroatoms. The van der Waals surface area contributed by atoms with E-state index in [4.69, 9.17) is 0 Å². The van der Waals surface area contributed by atoms with Gasteiger partial charge in [-0.25, -0.2) is 0 Å². The number of amides is 1. The van der Waals surface area contributed by atoms with E-state index in [-0.39, 0.29) is 5.91 Å². The number of hydrogen-bond donors (Lipinski definition) is 0. The molecule has 0 aliphatic carbocycles. The minimum absolute atomic E-state index is 0.139. The monoisotopic (exact) mass is 312 g/mol. The highest BCUT2D eigenvalue weighted by atomic mass is 16.2. The summed E-state index contributed by atoms with van der Waals surface area (Å²) in [6.07, 6.45) is 4.88. The highest BCUT2D eigenvalue weighted by Crippen LogP contribution is 2.22. The van der Waals surface area contributed by atoms with Crippen molar-refractivity contribution in [1.29, 1.82) is 0 Å². The first kappa shape index (κ1) is 15.7. The Balaban J connectivity index is 1.66. The van der Waals surface area contributed by atoms with Crippen molar-refractivity contribution in [2.24, 2.45) is 5.92 Å². The van der Waals surface area contributed by atoms with Crippen LogP contribution in [0.2, 0.25) is 0 Å². The van der Waals surface area contributed by atoms with Gasteiger partial charge >= 0.3 is 0 Å². The van der Waals surface area contributed by atoms with E-state index in [0.29, 0.717) is 12.0 Å². The molecule has 1 saturated heterocycles. The van der Waals surface area contributed by atoms with Gasteiger partial charge in [0.25, 0.3) is 5.91 Å². The maximum atomic E-state index is 12.6. The third kappa shape index (κ3) is 3.60. The first-order valence-corrected chi connectivity index (χ1v) is 8.38. The van der Waals surface area contributed by atoms with Gasteiger partial charge in [-0.2, -0.15) is 0 Å². The Morgan fingerprint density at radius 1 is 1.30 bits per heavy atom. The Kier molecular flexibility index (Phi) is 4.74. The van der Waals surface area contributed by atoms with Crippen molar-refractivity contribution >= 4 is 5.91 Å². The van der Waals surface area contributed by atoms with Gasteiger partial charge in [0.15, 0.2) is 0 Å². The molecule has 1 aromatic heterocycles. The van der Waals surface area contributed by atoms with Crippen molar-refractivity contribution in [3.8, 4) is 0 Å². The van der Waals surface area contributed by atoms with Crippen LogP contribution < -0.4 is 0 Å². The van der Waals surface area contributed by atoms with Gasteiger partial charge in [-0.1, -0.05) is 18.2 Å². The SMILES string of the molecule is CC(C)n1cnnc1CC1CCCN(C(=O)c2ccccc2)C1. The van der Waals surface area contributed by atoms with E-state index in [1.807, 2.05) is 35.2 Å². The van der Waals surface area contributed by atoms with E-state index in [2.05, 4.69) is 28.6 Å².